The minimum Gasteiger partial charge on any atom is -0.490 e. The molecule has 5 heteroatoms. The smallest absolute Gasteiger partial charge is 0.257 e. The van der Waals surface area contributed by atoms with Crippen LogP contribution in [0.25, 0.3) is 0 Å². The Labute approximate surface area is 131 Å². The highest BCUT2D eigenvalue weighted by Gasteiger charge is 2.26. The highest BCUT2D eigenvalue weighted by Crippen LogP contribution is 2.26. The second kappa shape index (κ2) is 7.14. The molecule has 0 saturated carbocycles. The molecule has 1 aliphatic rings. The van der Waals surface area contributed by atoms with Crippen LogP contribution in [0.5, 0.6) is 5.75 Å². The number of carbonyl (C=O) groups excluding carboxylic acids is 1. The molecule has 1 amide bonds. The van der Waals surface area contributed by atoms with Crippen molar-refractivity contribution in [3.63, 3.8) is 0 Å². The summed E-state index contributed by atoms with van der Waals surface area (Å²) in [5.41, 5.74) is 0.549. The summed E-state index contributed by atoms with van der Waals surface area (Å²) in [7, 11) is 1.94. The number of nitrogens with zero attached hydrogens (tertiary/aromatic N) is 1. The standard InChI is InChI=1S/C16H23ClN2O2/c1-11(2)21-15-7-6-12(17)9-14(15)16(20)19-8-4-5-13(10-19)18-3/h6-7,9,11,13,18H,4-5,8,10H2,1-3H3/t13-/m0/s1. The molecular weight excluding hydrogens is 288 g/mol. The molecule has 0 aliphatic carbocycles. The van der Waals surface area contributed by atoms with Crippen molar-refractivity contribution in [1.82, 2.24) is 10.2 Å². The summed E-state index contributed by atoms with van der Waals surface area (Å²) in [6, 6.07) is 5.58. The zero-order valence-corrected chi connectivity index (χ0v) is 13.6. The van der Waals surface area contributed by atoms with E-state index in [0.717, 1.165) is 25.9 Å². The van der Waals surface area contributed by atoms with Crippen LogP contribution in [-0.4, -0.2) is 43.1 Å². The van der Waals surface area contributed by atoms with Gasteiger partial charge in [0.2, 0.25) is 0 Å². The Hall–Kier alpha value is -1.26. The predicted octanol–water partition coefficient (Wildman–Crippen LogP) is 2.95. The van der Waals surface area contributed by atoms with Crippen molar-refractivity contribution in [3.8, 4) is 5.75 Å². The van der Waals surface area contributed by atoms with Crippen LogP contribution >= 0.6 is 11.6 Å². The lowest BCUT2D eigenvalue weighted by Crippen LogP contribution is -2.47. The van der Waals surface area contributed by atoms with Crippen molar-refractivity contribution in [3.05, 3.63) is 28.8 Å². The van der Waals surface area contributed by atoms with Gasteiger partial charge in [0.05, 0.1) is 11.7 Å². The molecule has 4 nitrogen and oxygen atoms in total. The summed E-state index contributed by atoms with van der Waals surface area (Å²) in [6.07, 6.45) is 2.13. The Morgan fingerprint density at radius 1 is 1.48 bits per heavy atom. The van der Waals surface area contributed by atoms with Crippen molar-refractivity contribution in [1.29, 1.82) is 0 Å². The number of rotatable bonds is 4. The Morgan fingerprint density at radius 2 is 2.24 bits per heavy atom. The third kappa shape index (κ3) is 4.11. The molecule has 0 aromatic heterocycles. The first kappa shape index (κ1) is 16.1. The van der Waals surface area contributed by atoms with Crippen LogP contribution in [-0.2, 0) is 0 Å². The molecule has 1 aromatic rings. The van der Waals surface area contributed by atoms with Gasteiger partial charge < -0.3 is 15.0 Å². The maximum Gasteiger partial charge on any atom is 0.257 e. The third-order valence-electron chi connectivity index (χ3n) is 3.65. The number of carbonyl (C=O) groups is 1. The maximum atomic E-state index is 12.8. The molecule has 1 aromatic carbocycles. The van der Waals surface area contributed by atoms with E-state index >= 15 is 0 Å². The molecular formula is C16H23ClN2O2. The van der Waals surface area contributed by atoms with Gasteiger partial charge in [0.1, 0.15) is 5.75 Å². The zero-order chi connectivity index (χ0) is 15.4. The molecule has 116 valence electrons. The summed E-state index contributed by atoms with van der Waals surface area (Å²) in [4.78, 5) is 14.7. The molecule has 0 spiro atoms. The van der Waals surface area contributed by atoms with E-state index < -0.39 is 0 Å². The molecule has 1 heterocycles. The number of likely N-dealkylation sites (tertiary alicyclic amines) is 1. The van der Waals surface area contributed by atoms with E-state index in [9.17, 15) is 4.79 Å². The number of amides is 1. The Morgan fingerprint density at radius 3 is 2.90 bits per heavy atom. The van der Waals surface area contributed by atoms with Crippen LogP contribution in [0.2, 0.25) is 5.02 Å². The van der Waals surface area contributed by atoms with E-state index in [0.29, 0.717) is 22.4 Å². The van der Waals surface area contributed by atoms with Crippen molar-refractivity contribution in [2.24, 2.45) is 0 Å². The minimum absolute atomic E-state index is 0.00639. The number of ether oxygens (including phenoxy) is 1. The molecule has 0 bridgehead atoms. The average Bonchev–Trinajstić information content (AvgIpc) is 2.48. The first-order chi connectivity index (χ1) is 10.0. The lowest BCUT2D eigenvalue weighted by molar-refractivity contribution is 0.0692. The third-order valence-corrected chi connectivity index (χ3v) is 3.89. The summed E-state index contributed by atoms with van der Waals surface area (Å²) in [6.45, 7) is 5.40. The van der Waals surface area contributed by atoms with Crippen LogP contribution in [0.3, 0.4) is 0 Å². The van der Waals surface area contributed by atoms with E-state index in [1.54, 1.807) is 18.2 Å². The van der Waals surface area contributed by atoms with E-state index in [-0.39, 0.29) is 12.0 Å². The van der Waals surface area contributed by atoms with Gasteiger partial charge in [-0.15, -0.1) is 0 Å². The van der Waals surface area contributed by atoms with E-state index in [1.165, 1.54) is 0 Å². The van der Waals surface area contributed by atoms with Crippen LogP contribution in [0.4, 0.5) is 0 Å². The number of benzene rings is 1. The molecule has 21 heavy (non-hydrogen) atoms. The monoisotopic (exact) mass is 310 g/mol. The van der Waals surface area contributed by atoms with Gasteiger partial charge in [0, 0.05) is 24.2 Å². The summed E-state index contributed by atoms with van der Waals surface area (Å²) in [5, 5.41) is 3.80. The largest absolute Gasteiger partial charge is 0.490 e. The first-order valence-electron chi connectivity index (χ1n) is 7.44. The second-order valence-corrected chi connectivity index (χ2v) is 6.12. The van der Waals surface area contributed by atoms with Gasteiger partial charge in [0.25, 0.3) is 5.91 Å². The summed E-state index contributed by atoms with van der Waals surface area (Å²) in [5.74, 6) is 0.596. The number of likely N-dealkylation sites (N-methyl/N-ethyl adjacent to an activating group) is 1. The number of halogens is 1. The van der Waals surface area contributed by atoms with Crippen molar-refractivity contribution in [2.75, 3.05) is 20.1 Å². The lowest BCUT2D eigenvalue weighted by Gasteiger charge is -2.33. The molecule has 1 N–H and O–H groups in total. The lowest BCUT2D eigenvalue weighted by atomic mass is 10.0. The molecule has 2 rings (SSSR count). The van der Waals surface area contributed by atoms with E-state index in [2.05, 4.69) is 5.32 Å². The second-order valence-electron chi connectivity index (χ2n) is 5.69. The molecule has 1 atom stereocenters. The number of hydrogen-bond donors (Lipinski definition) is 1. The minimum atomic E-state index is -0.00639. The number of hydrogen-bond acceptors (Lipinski definition) is 3. The van der Waals surface area contributed by atoms with Crippen LogP contribution < -0.4 is 10.1 Å². The molecule has 0 radical (unpaired) electrons. The number of nitrogens with one attached hydrogen (secondary N) is 1. The van der Waals surface area contributed by atoms with Gasteiger partial charge in [-0.2, -0.15) is 0 Å². The van der Waals surface area contributed by atoms with Gasteiger partial charge in [-0.25, -0.2) is 0 Å². The van der Waals surface area contributed by atoms with E-state index in [1.807, 2.05) is 25.8 Å². The van der Waals surface area contributed by atoms with Crippen LogP contribution in [0, 0.1) is 0 Å². The maximum absolute atomic E-state index is 12.8. The predicted molar refractivity (Wildman–Crippen MR) is 85.2 cm³/mol. The first-order valence-corrected chi connectivity index (χ1v) is 7.81. The van der Waals surface area contributed by atoms with Gasteiger partial charge in [0.15, 0.2) is 0 Å². The SMILES string of the molecule is CN[C@H]1CCCN(C(=O)c2cc(Cl)ccc2OC(C)C)C1. The highest BCUT2D eigenvalue weighted by atomic mass is 35.5. The molecule has 1 aliphatic heterocycles. The van der Waals surface area contributed by atoms with Gasteiger partial charge in [-0.3, -0.25) is 4.79 Å². The van der Waals surface area contributed by atoms with Crippen molar-refractivity contribution in [2.45, 2.75) is 38.8 Å². The van der Waals surface area contributed by atoms with Crippen molar-refractivity contribution < 1.29 is 9.53 Å². The fraction of sp³-hybridized carbons (Fsp3) is 0.562. The highest BCUT2D eigenvalue weighted by molar-refractivity contribution is 6.31. The summed E-state index contributed by atoms with van der Waals surface area (Å²) >= 11 is 6.05. The fourth-order valence-corrected chi connectivity index (χ4v) is 2.77. The zero-order valence-electron chi connectivity index (χ0n) is 12.9. The Kier molecular flexibility index (Phi) is 5.48. The van der Waals surface area contributed by atoms with Gasteiger partial charge in [-0.1, -0.05) is 11.6 Å². The topological polar surface area (TPSA) is 41.6 Å². The van der Waals surface area contributed by atoms with Gasteiger partial charge >= 0.3 is 0 Å². The molecule has 1 fully saturated rings. The van der Waals surface area contributed by atoms with Crippen LogP contribution in [0.1, 0.15) is 37.0 Å². The van der Waals surface area contributed by atoms with Gasteiger partial charge in [-0.05, 0) is 51.9 Å². The fourth-order valence-electron chi connectivity index (χ4n) is 2.59. The normalized spacial score (nSPS) is 18.9. The average molecular weight is 311 g/mol. The van der Waals surface area contributed by atoms with Crippen LogP contribution in [0.15, 0.2) is 18.2 Å². The Balaban J connectivity index is 2.23. The van der Waals surface area contributed by atoms with E-state index in [4.69, 9.17) is 16.3 Å². The Bertz CT molecular complexity index is 505. The quantitative estimate of drug-likeness (QED) is 0.929. The van der Waals surface area contributed by atoms with Crippen molar-refractivity contribution >= 4 is 17.5 Å². The molecule has 1 saturated heterocycles. The molecule has 0 unspecified atom stereocenters. The number of piperidine rings is 1. The summed E-state index contributed by atoms with van der Waals surface area (Å²) < 4.78 is 5.74.